The van der Waals surface area contributed by atoms with E-state index in [2.05, 4.69) is 5.32 Å². The first-order chi connectivity index (χ1) is 8.16. The topological polar surface area (TPSA) is 84.7 Å². The molecule has 1 aliphatic heterocycles. The highest BCUT2D eigenvalue weighted by Crippen LogP contribution is 2.16. The molecular weight excluding hydrogens is 222 g/mol. The van der Waals surface area contributed by atoms with Crippen molar-refractivity contribution in [3.8, 4) is 0 Å². The molecule has 17 heavy (non-hydrogen) atoms. The standard InChI is InChI=1S/C11H13N3O3/c12-8-3-1-2-4-9(8)13-10(15)7-14-5-6-17-11(14)16/h1-4H,5-7,12H2,(H,13,15). The number of hydrogen-bond acceptors (Lipinski definition) is 4. The normalized spacial score (nSPS) is 14.6. The van der Waals surface area contributed by atoms with Crippen LogP contribution in [0.3, 0.4) is 0 Å². The van der Waals surface area contributed by atoms with E-state index in [1.165, 1.54) is 4.90 Å². The molecule has 0 unspecified atom stereocenters. The van der Waals surface area contributed by atoms with Gasteiger partial charge in [-0.25, -0.2) is 4.79 Å². The van der Waals surface area contributed by atoms with E-state index in [9.17, 15) is 9.59 Å². The average molecular weight is 235 g/mol. The van der Waals surface area contributed by atoms with Crippen LogP contribution in [0.15, 0.2) is 24.3 Å². The summed E-state index contributed by atoms with van der Waals surface area (Å²) < 4.78 is 4.72. The molecule has 1 fully saturated rings. The predicted octanol–water partition coefficient (Wildman–Crippen LogP) is 0.659. The summed E-state index contributed by atoms with van der Waals surface area (Å²) in [6.45, 7) is 0.753. The van der Waals surface area contributed by atoms with Crippen molar-refractivity contribution < 1.29 is 14.3 Å². The van der Waals surface area contributed by atoms with Gasteiger partial charge in [0.25, 0.3) is 0 Å². The Balaban J connectivity index is 1.93. The van der Waals surface area contributed by atoms with Crippen molar-refractivity contribution in [2.45, 2.75) is 0 Å². The van der Waals surface area contributed by atoms with Crippen LogP contribution in [0.2, 0.25) is 0 Å². The number of carbonyl (C=O) groups excluding carboxylic acids is 2. The Hall–Kier alpha value is -2.24. The fourth-order valence-electron chi connectivity index (χ4n) is 1.54. The first-order valence-electron chi connectivity index (χ1n) is 5.23. The molecule has 0 atom stereocenters. The molecule has 6 heteroatoms. The Morgan fingerprint density at radius 1 is 1.47 bits per heavy atom. The third kappa shape index (κ3) is 2.66. The number of nitrogen functional groups attached to an aromatic ring is 1. The summed E-state index contributed by atoms with van der Waals surface area (Å²) in [6, 6.07) is 6.95. The molecule has 1 aromatic carbocycles. The lowest BCUT2D eigenvalue weighted by Crippen LogP contribution is -2.33. The van der Waals surface area contributed by atoms with Gasteiger partial charge in [-0.1, -0.05) is 12.1 Å². The van der Waals surface area contributed by atoms with Crippen LogP contribution in [-0.2, 0) is 9.53 Å². The molecule has 2 rings (SSSR count). The molecule has 6 nitrogen and oxygen atoms in total. The molecule has 0 spiro atoms. The summed E-state index contributed by atoms with van der Waals surface area (Å²) in [7, 11) is 0. The molecule has 0 saturated carbocycles. The molecule has 1 aromatic rings. The zero-order valence-corrected chi connectivity index (χ0v) is 9.18. The van der Waals surface area contributed by atoms with Gasteiger partial charge >= 0.3 is 6.09 Å². The third-order valence-electron chi connectivity index (χ3n) is 2.41. The van der Waals surface area contributed by atoms with Crippen LogP contribution in [0.5, 0.6) is 0 Å². The smallest absolute Gasteiger partial charge is 0.410 e. The highest BCUT2D eigenvalue weighted by molar-refractivity contribution is 5.96. The van der Waals surface area contributed by atoms with Gasteiger partial charge in [-0.15, -0.1) is 0 Å². The summed E-state index contributed by atoms with van der Waals surface area (Å²) in [5.41, 5.74) is 6.72. The fourth-order valence-corrected chi connectivity index (χ4v) is 1.54. The number of benzene rings is 1. The van der Waals surface area contributed by atoms with Crippen molar-refractivity contribution in [1.82, 2.24) is 4.90 Å². The van der Waals surface area contributed by atoms with E-state index in [1.807, 2.05) is 0 Å². The number of para-hydroxylation sites is 2. The Morgan fingerprint density at radius 2 is 2.24 bits per heavy atom. The number of rotatable bonds is 3. The Labute approximate surface area is 98.3 Å². The summed E-state index contributed by atoms with van der Waals surface area (Å²) in [4.78, 5) is 24.1. The molecular formula is C11H13N3O3. The molecule has 90 valence electrons. The van der Waals surface area contributed by atoms with Crippen LogP contribution >= 0.6 is 0 Å². The SMILES string of the molecule is Nc1ccccc1NC(=O)CN1CCOC1=O. The third-order valence-corrected chi connectivity index (χ3v) is 2.41. The van der Waals surface area contributed by atoms with E-state index in [-0.39, 0.29) is 12.5 Å². The molecule has 1 saturated heterocycles. The van der Waals surface area contributed by atoms with Crippen molar-refractivity contribution in [3.05, 3.63) is 24.3 Å². The van der Waals surface area contributed by atoms with Gasteiger partial charge in [0.15, 0.2) is 0 Å². The highest BCUT2D eigenvalue weighted by Gasteiger charge is 2.24. The minimum Gasteiger partial charge on any atom is -0.448 e. The number of carbonyl (C=O) groups is 2. The lowest BCUT2D eigenvalue weighted by Gasteiger charge is -2.13. The Morgan fingerprint density at radius 3 is 2.88 bits per heavy atom. The quantitative estimate of drug-likeness (QED) is 0.754. The second-order valence-corrected chi connectivity index (χ2v) is 3.67. The summed E-state index contributed by atoms with van der Waals surface area (Å²) in [6.07, 6.45) is -0.457. The Bertz CT molecular complexity index is 447. The summed E-state index contributed by atoms with van der Waals surface area (Å²) in [5.74, 6) is -0.290. The van der Waals surface area contributed by atoms with Gasteiger partial charge in [-0.3, -0.25) is 9.69 Å². The van der Waals surface area contributed by atoms with Crippen molar-refractivity contribution >= 4 is 23.4 Å². The second kappa shape index (κ2) is 4.73. The van der Waals surface area contributed by atoms with Crippen LogP contribution < -0.4 is 11.1 Å². The molecule has 0 aromatic heterocycles. The first kappa shape index (κ1) is 11.3. The van der Waals surface area contributed by atoms with Crippen molar-refractivity contribution in [2.75, 3.05) is 30.7 Å². The zero-order chi connectivity index (χ0) is 12.3. The number of nitrogens with two attached hydrogens (primary N) is 1. The van der Waals surface area contributed by atoms with Crippen LogP contribution in [0.1, 0.15) is 0 Å². The second-order valence-electron chi connectivity index (χ2n) is 3.67. The molecule has 3 N–H and O–H groups in total. The molecule has 2 amide bonds. The van der Waals surface area contributed by atoms with Gasteiger partial charge in [0.1, 0.15) is 13.2 Å². The largest absolute Gasteiger partial charge is 0.448 e. The molecule has 0 radical (unpaired) electrons. The van der Waals surface area contributed by atoms with Gasteiger partial charge in [0, 0.05) is 0 Å². The summed E-state index contributed by atoms with van der Waals surface area (Å²) in [5, 5.41) is 2.64. The van der Waals surface area contributed by atoms with E-state index < -0.39 is 6.09 Å². The van der Waals surface area contributed by atoms with E-state index in [0.29, 0.717) is 24.5 Å². The van der Waals surface area contributed by atoms with Crippen molar-refractivity contribution in [1.29, 1.82) is 0 Å². The molecule has 1 heterocycles. The number of nitrogens with one attached hydrogen (secondary N) is 1. The van der Waals surface area contributed by atoms with Crippen LogP contribution in [0.4, 0.5) is 16.2 Å². The van der Waals surface area contributed by atoms with Gasteiger partial charge in [0.05, 0.1) is 17.9 Å². The molecule has 0 aliphatic carbocycles. The number of amides is 2. The maximum absolute atomic E-state index is 11.7. The van der Waals surface area contributed by atoms with Gasteiger partial charge in [-0.05, 0) is 12.1 Å². The van der Waals surface area contributed by atoms with Crippen LogP contribution in [0, 0.1) is 0 Å². The van der Waals surface area contributed by atoms with E-state index in [0.717, 1.165) is 0 Å². The monoisotopic (exact) mass is 235 g/mol. The average Bonchev–Trinajstić information content (AvgIpc) is 2.68. The van der Waals surface area contributed by atoms with Gasteiger partial charge in [0.2, 0.25) is 5.91 Å². The minimum absolute atomic E-state index is 0.0207. The maximum atomic E-state index is 11.7. The molecule has 0 bridgehead atoms. The predicted molar refractivity (Wildman–Crippen MR) is 62.4 cm³/mol. The fraction of sp³-hybridized carbons (Fsp3) is 0.273. The highest BCUT2D eigenvalue weighted by atomic mass is 16.6. The van der Waals surface area contributed by atoms with Crippen LogP contribution in [-0.4, -0.2) is 36.6 Å². The number of cyclic esters (lactones) is 1. The lowest BCUT2D eigenvalue weighted by molar-refractivity contribution is -0.116. The maximum Gasteiger partial charge on any atom is 0.410 e. The number of anilines is 2. The van der Waals surface area contributed by atoms with Crippen molar-refractivity contribution in [2.24, 2.45) is 0 Å². The number of ether oxygens (including phenoxy) is 1. The first-order valence-corrected chi connectivity index (χ1v) is 5.23. The minimum atomic E-state index is -0.457. The summed E-state index contributed by atoms with van der Waals surface area (Å²) >= 11 is 0. The van der Waals surface area contributed by atoms with Gasteiger partial charge < -0.3 is 15.8 Å². The van der Waals surface area contributed by atoms with E-state index in [4.69, 9.17) is 10.5 Å². The van der Waals surface area contributed by atoms with Gasteiger partial charge in [-0.2, -0.15) is 0 Å². The molecule has 1 aliphatic rings. The van der Waals surface area contributed by atoms with Crippen LogP contribution in [0.25, 0.3) is 0 Å². The van der Waals surface area contributed by atoms with Crippen molar-refractivity contribution in [3.63, 3.8) is 0 Å². The zero-order valence-electron chi connectivity index (χ0n) is 9.18. The van der Waals surface area contributed by atoms with E-state index in [1.54, 1.807) is 24.3 Å². The van der Waals surface area contributed by atoms with E-state index >= 15 is 0 Å². The number of nitrogens with zero attached hydrogens (tertiary/aromatic N) is 1. The lowest BCUT2D eigenvalue weighted by atomic mass is 10.2. The number of hydrogen-bond donors (Lipinski definition) is 2. The Kier molecular flexibility index (Phi) is 3.13.